The molecule has 7 nitrogen and oxygen atoms in total. The number of carbonyl (C=O) groups excluding carboxylic acids is 1. The SMILES string of the molecule is CC(=C(Cc1nc(-c2ccccc2)oc1C)CN(O)C(N)=O)c1ccc2occc2c1. The van der Waals surface area contributed by atoms with Crippen LogP contribution in [-0.4, -0.2) is 27.8 Å². The third-order valence-corrected chi connectivity index (χ3v) is 5.31. The van der Waals surface area contributed by atoms with E-state index in [9.17, 15) is 10.0 Å². The molecule has 7 heteroatoms. The zero-order valence-corrected chi connectivity index (χ0v) is 17.3. The highest BCUT2D eigenvalue weighted by Crippen LogP contribution is 2.28. The fourth-order valence-electron chi connectivity index (χ4n) is 3.47. The fourth-order valence-corrected chi connectivity index (χ4v) is 3.47. The van der Waals surface area contributed by atoms with E-state index in [1.807, 2.05) is 68.4 Å². The van der Waals surface area contributed by atoms with E-state index in [0.29, 0.717) is 23.1 Å². The molecule has 0 bridgehead atoms. The van der Waals surface area contributed by atoms with E-state index in [1.165, 1.54) is 0 Å². The lowest BCUT2D eigenvalue weighted by Gasteiger charge is -2.17. The quantitative estimate of drug-likeness (QED) is 0.332. The molecule has 2 amide bonds. The third-order valence-electron chi connectivity index (χ3n) is 5.31. The van der Waals surface area contributed by atoms with Crippen molar-refractivity contribution in [3.8, 4) is 11.5 Å². The lowest BCUT2D eigenvalue weighted by Crippen LogP contribution is -2.34. The number of carbonyl (C=O) groups is 1. The fraction of sp³-hybridized carbons (Fsp3) is 0.167. The summed E-state index contributed by atoms with van der Waals surface area (Å²) < 4.78 is 11.3. The number of hydrogen-bond acceptors (Lipinski definition) is 5. The zero-order valence-electron chi connectivity index (χ0n) is 17.3. The normalized spacial score (nSPS) is 12.1. The van der Waals surface area contributed by atoms with Crippen LogP contribution in [0.2, 0.25) is 0 Å². The Morgan fingerprint density at radius 3 is 2.68 bits per heavy atom. The van der Waals surface area contributed by atoms with Crippen LogP contribution in [0.15, 0.2) is 75.3 Å². The Labute approximate surface area is 179 Å². The van der Waals surface area contributed by atoms with Crippen LogP contribution in [0.4, 0.5) is 4.79 Å². The first-order valence-corrected chi connectivity index (χ1v) is 9.86. The first kappa shape index (κ1) is 20.4. The van der Waals surface area contributed by atoms with Gasteiger partial charge in [0.25, 0.3) is 0 Å². The minimum absolute atomic E-state index is 0.0441. The summed E-state index contributed by atoms with van der Waals surface area (Å²) in [6.45, 7) is 3.75. The van der Waals surface area contributed by atoms with Crippen LogP contribution in [0, 0.1) is 6.92 Å². The van der Waals surface area contributed by atoms with Gasteiger partial charge in [0.15, 0.2) is 0 Å². The topological polar surface area (TPSA) is 106 Å². The maximum Gasteiger partial charge on any atom is 0.338 e. The highest BCUT2D eigenvalue weighted by molar-refractivity contribution is 5.83. The van der Waals surface area contributed by atoms with Crippen molar-refractivity contribution in [2.45, 2.75) is 20.3 Å². The van der Waals surface area contributed by atoms with Gasteiger partial charge in [-0.15, -0.1) is 0 Å². The van der Waals surface area contributed by atoms with Gasteiger partial charge in [-0.25, -0.2) is 14.8 Å². The predicted molar refractivity (Wildman–Crippen MR) is 117 cm³/mol. The number of fused-ring (bicyclic) bond motifs is 1. The largest absolute Gasteiger partial charge is 0.464 e. The number of oxazole rings is 1. The van der Waals surface area contributed by atoms with E-state index in [0.717, 1.165) is 38.9 Å². The van der Waals surface area contributed by atoms with E-state index in [1.54, 1.807) is 6.26 Å². The molecule has 3 N–H and O–H groups in total. The van der Waals surface area contributed by atoms with Crippen LogP contribution < -0.4 is 5.73 Å². The number of nitrogens with two attached hydrogens (primary N) is 1. The van der Waals surface area contributed by atoms with E-state index >= 15 is 0 Å². The summed E-state index contributed by atoms with van der Waals surface area (Å²) in [6.07, 6.45) is 2.03. The number of hydrogen-bond donors (Lipinski definition) is 2. The molecule has 0 fully saturated rings. The van der Waals surface area contributed by atoms with Crippen molar-refractivity contribution in [3.05, 3.63) is 83.5 Å². The van der Waals surface area contributed by atoms with Gasteiger partial charge in [-0.1, -0.05) is 24.3 Å². The van der Waals surface area contributed by atoms with Gasteiger partial charge in [-0.3, -0.25) is 5.21 Å². The number of urea groups is 1. The van der Waals surface area contributed by atoms with Crippen LogP contribution in [-0.2, 0) is 6.42 Å². The molecule has 0 radical (unpaired) electrons. The summed E-state index contributed by atoms with van der Waals surface area (Å²) in [4.78, 5) is 16.1. The number of nitrogens with zero attached hydrogens (tertiary/aromatic N) is 2. The first-order valence-electron chi connectivity index (χ1n) is 9.86. The monoisotopic (exact) mass is 417 g/mol. The maximum atomic E-state index is 11.5. The smallest absolute Gasteiger partial charge is 0.338 e. The van der Waals surface area contributed by atoms with Gasteiger partial charge in [-0.2, -0.15) is 0 Å². The number of aryl methyl sites for hydroxylation is 1. The highest BCUT2D eigenvalue weighted by Gasteiger charge is 2.18. The van der Waals surface area contributed by atoms with Crippen LogP contribution in [0.3, 0.4) is 0 Å². The Bertz CT molecular complexity index is 1250. The predicted octanol–water partition coefficient (Wildman–Crippen LogP) is 5.18. The van der Waals surface area contributed by atoms with Gasteiger partial charge in [0, 0.05) is 17.4 Å². The van der Waals surface area contributed by atoms with Crippen LogP contribution >= 0.6 is 0 Å². The minimum Gasteiger partial charge on any atom is -0.464 e. The van der Waals surface area contributed by atoms with Crippen molar-refractivity contribution in [1.82, 2.24) is 10.0 Å². The molecule has 0 aliphatic rings. The Hall–Kier alpha value is -3.84. The average molecular weight is 417 g/mol. The third kappa shape index (κ3) is 4.36. The van der Waals surface area contributed by atoms with Gasteiger partial charge in [0.05, 0.1) is 18.5 Å². The second-order valence-corrected chi connectivity index (χ2v) is 7.36. The van der Waals surface area contributed by atoms with Crippen molar-refractivity contribution in [3.63, 3.8) is 0 Å². The highest BCUT2D eigenvalue weighted by atomic mass is 16.5. The van der Waals surface area contributed by atoms with Gasteiger partial charge >= 0.3 is 6.03 Å². The molecular weight excluding hydrogens is 394 g/mol. The molecule has 0 spiro atoms. The molecule has 0 saturated carbocycles. The summed E-state index contributed by atoms with van der Waals surface area (Å²) in [5, 5.41) is 11.5. The van der Waals surface area contributed by atoms with Crippen LogP contribution in [0.5, 0.6) is 0 Å². The summed E-state index contributed by atoms with van der Waals surface area (Å²) in [6, 6.07) is 16.5. The van der Waals surface area contributed by atoms with E-state index in [2.05, 4.69) is 4.98 Å². The summed E-state index contributed by atoms with van der Waals surface area (Å²) in [5.74, 6) is 1.21. The number of aromatic nitrogens is 1. The molecule has 2 aromatic heterocycles. The van der Waals surface area contributed by atoms with Crippen LogP contribution in [0.25, 0.3) is 28.0 Å². The second-order valence-electron chi connectivity index (χ2n) is 7.36. The molecule has 31 heavy (non-hydrogen) atoms. The number of amides is 2. The summed E-state index contributed by atoms with van der Waals surface area (Å²) in [7, 11) is 0. The lowest BCUT2D eigenvalue weighted by molar-refractivity contribution is -0.0312. The molecule has 158 valence electrons. The molecule has 0 unspecified atom stereocenters. The number of primary amides is 1. The van der Waals surface area contributed by atoms with Crippen molar-refractivity contribution >= 4 is 22.6 Å². The number of rotatable bonds is 6. The van der Waals surface area contributed by atoms with Gasteiger partial charge in [-0.05, 0) is 60.9 Å². The van der Waals surface area contributed by atoms with Gasteiger partial charge in [0.2, 0.25) is 5.89 Å². The number of furan rings is 1. The molecule has 2 heterocycles. The van der Waals surface area contributed by atoms with E-state index in [-0.39, 0.29) is 6.54 Å². The molecule has 4 aromatic rings. The molecular formula is C24H23N3O4. The molecule has 0 aliphatic carbocycles. The van der Waals surface area contributed by atoms with E-state index < -0.39 is 6.03 Å². The Kier molecular flexibility index (Phi) is 5.60. The molecule has 0 atom stereocenters. The van der Waals surface area contributed by atoms with Crippen molar-refractivity contribution in [2.75, 3.05) is 6.54 Å². The van der Waals surface area contributed by atoms with Gasteiger partial charge < -0.3 is 14.6 Å². The Balaban J connectivity index is 1.72. The number of allylic oxidation sites excluding steroid dienone is 1. The van der Waals surface area contributed by atoms with Gasteiger partial charge in [0.1, 0.15) is 11.3 Å². The molecule has 2 aromatic carbocycles. The zero-order chi connectivity index (χ0) is 22.0. The Morgan fingerprint density at radius 1 is 1.16 bits per heavy atom. The average Bonchev–Trinajstić information content (AvgIpc) is 3.39. The lowest BCUT2D eigenvalue weighted by atomic mass is 9.96. The van der Waals surface area contributed by atoms with E-state index in [4.69, 9.17) is 14.6 Å². The second kappa shape index (κ2) is 8.49. The maximum absolute atomic E-state index is 11.5. The molecule has 0 saturated heterocycles. The standard InChI is InChI=1S/C24H23N3O4/c1-15(18-8-9-22-19(12-18)10-11-30-22)20(14-27(29)24(25)28)13-21-16(2)31-23(26-21)17-6-4-3-5-7-17/h3-12,29H,13-14H2,1-2H3,(H2,25,28). The van der Waals surface area contributed by atoms with Crippen molar-refractivity contribution in [2.24, 2.45) is 5.73 Å². The Morgan fingerprint density at radius 2 is 1.94 bits per heavy atom. The summed E-state index contributed by atoms with van der Waals surface area (Å²) >= 11 is 0. The number of benzene rings is 2. The molecule has 4 rings (SSSR count). The van der Waals surface area contributed by atoms with Crippen LogP contribution in [0.1, 0.15) is 23.9 Å². The first-order chi connectivity index (χ1) is 14.9. The van der Waals surface area contributed by atoms with Crippen molar-refractivity contribution in [1.29, 1.82) is 0 Å². The summed E-state index contributed by atoms with van der Waals surface area (Å²) in [5.41, 5.74) is 10.3. The minimum atomic E-state index is -0.919. The molecule has 0 aliphatic heterocycles. The van der Waals surface area contributed by atoms with Crippen molar-refractivity contribution < 1.29 is 18.8 Å². The number of hydroxylamine groups is 2.